The normalized spacial score (nSPS) is 25.2. The van der Waals surface area contributed by atoms with Crippen molar-refractivity contribution in [2.75, 3.05) is 0 Å². The predicted octanol–water partition coefficient (Wildman–Crippen LogP) is 5.88. The maximum absolute atomic E-state index is 13.1. The molecule has 1 unspecified atom stereocenters. The third-order valence-electron chi connectivity index (χ3n) is 5.17. The predicted molar refractivity (Wildman–Crippen MR) is 94.7 cm³/mol. The van der Waals surface area contributed by atoms with Crippen molar-refractivity contribution in [3.63, 3.8) is 0 Å². The highest BCUT2D eigenvalue weighted by Gasteiger charge is 2.43. The van der Waals surface area contributed by atoms with Crippen molar-refractivity contribution in [3.8, 4) is 0 Å². The van der Waals surface area contributed by atoms with Crippen LogP contribution in [0.1, 0.15) is 67.7 Å². The average molecular weight is 300 g/mol. The van der Waals surface area contributed by atoms with E-state index in [1.54, 1.807) is 0 Å². The van der Waals surface area contributed by atoms with Gasteiger partial charge in [0.25, 0.3) is 0 Å². The molecule has 1 heteroatoms. The molecule has 0 heterocycles. The average Bonchev–Trinajstić information content (AvgIpc) is 2.39. The second kappa shape index (κ2) is 5.51. The van der Waals surface area contributed by atoms with Crippen LogP contribution in [0.15, 0.2) is 35.5 Å². The standard InChI is InChI=1S/C21H32O/c1-8-15-11-9-10-12-21(15)13-16(19(2,3)4)18(22)17(14-21)20(5,6)7/h9,11,13-15H,8,10,12H2,1-7H3. The molecule has 122 valence electrons. The van der Waals surface area contributed by atoms with E-state index < -0.39 is 0 Å². The van der Waals surface area contributed by atoms with Gasteiger partial charge in [0.1, 0.15) is 0 Å². The fourth-order valence-electron chi connectivity index (χ4n) is 3.80. The molecule has 1 atom stereocenters. The SMILES string of the molecule is CCC1C=CCCC12C=C(C(C)(C)C)C(=O)C(C(C)(C)C)=C2. The fraction of sp³-hybridized carbons (Fsp3) is 0.667. The van der Waals surface area contributed by atoms with E-state index in [1.807, 2.05) is 0 Å². The molecule has 0 aromatic rings. The molecule has 1 nitrogen and oxygen atoms in total. The lowest BCUT2D eigenvalue weighted by atomic mass is 9.59. The zero-order chi connectivity index (χ0) is 16.8. The van der Waals surface area contributed by atoms with Crippen molar-refractivity contribution in [2.45, 2.75) is 67.7 Å². The lowest BCUT2D eigenvalue weighted by Crippen LogP contribution is -2.37. The first-order valence-corrected chi connectivity index (χ1v) is 8.69. The first-order chi connectivity index (χ1) is 10.0. The molecule has 0 radical (unpaired) electrons. The van der Waals surface area contributed by atoms with Crippen molar-refractivity contribution in [3.05, 3.63) is 35.5 Å². The van der Waals surface area contributed by atoms with Gasteiger partial charge in [-0.3, -0.25) is 4.79 Å². The highest BCUT2D eigenvalue weighted by molar-refractivity contribution is 6.11. The van der Waals surface area contributed by atoms with Crippen LogP contribution in [0.4, 0.5) is 0 Å². The first kappa shape index (κ1) is 17.2. The maximum Gasteiger partial charge on any atom is 0.185 e. The molecule has 0 saturated heterocycles. The van der Waals surface area contributed by atoms with Crippen LogP contribution in [0.3, 0.4) is 0 Å². The second-order valence-electron chi connectivity index (χ2n) is 9.04. The molecule has 0 aliphatic heterocycles. The Hall–Kier alpha value is -1.11. The number of hydrogen-bond donors (Lipinski definition) is 0. The van der Waals surface area contributed by atoms with Gasteiger partial charge in [-0.2, -0.15) is 0 Å². The van der Waals surface area contributed by atoms with E-state index in [0.717, 1.165) is 30.4 Å². The molecule has 0 bridgehead atoms. The number of rotatable bonds is 1. The minimum Gasteiger partial charge on any atom is -0.289 e. The summed E-state index contributed by atoms with van der Waals surface area (Å²) in [6, 6.07) is 0. The van der Waals surface area contributed by atoms with Gasteiger partial charge in [0, 0.05) is 16.6 Å². The molecule has 2 aliphatic carbocycles. The minimum atomic E-state index is -0.103. The molecule has 0 aromatic heterocycles. The number of hydrogen-bond acceptors (Lipinski definition) is 1. The third kappa shape index (κ3) is 3.00. The quantitative estimate of drug-likeness (QED) is 0.553. The van der Waals surface area contributed by atoms with Gasteiger partial charge >= 0.3 is 0 Å². The summed E-state index contributed by atoms with van der Waals surface area (Å²) in [6.07, 6.45) is 12.7. The Kier molecular flexibility index (Phi) is 4.32. The van der Waals surface area contributed by atoms with Gasteiger partial charge in [-0.1, -0.05) is 72.8 Å². The summed E-state index contributed by atoms with van der Waals surface area (Å²) in [5, 5.41) is 0. The van der Waals surface area contributed by atoms with Crippen molar-refractivity contribution in [1.29, 1.82) is 0 Å². The van der Waals surface area contributed by atoms with E-state index in [1.165, 1.54) is 0 Å². The van der Waals surface area contributed by atoms with Gasteiger partial charge in [-0.25, -0.2) is 0 Å². The molecule has 0 saturated carbocycles. The monoisotopic (exact) mass is 300 g/mol. The summed E-state index contributed by atoms with van der Waals surface area (Å²) in [5.74, 6) is 0.763. The van der Waals surface area contributed by atoms with Crippen molar-refractivity contribution >= 4 is 5.78 Å². The van der Waals surface area contributed by atoms with E-state index in [4.69, 9.17) is 0 Å². The number of carbonyl (C=O) groups is 1. The van der Waals surface area contributed by atoms with Crippen LogP contribution in [-0.4, -0.2) is 5.78 Å². The van der Waals surface area contributed by atoms with Gasteiger partial charge in [0.15, 0.2) is 5.78 Å². The molecule has 0 fully saturated rings. The minimum absolute atomic E-state index is 0.0304. The number of allylic oxidation sites excluding steroid dienone is 6. The summed E-state index contributed by atoms with van der Waals surface area (Å²) in [4.78, 5) is 13.1. The summed E-state index contributed by atoms with van der Waals surface area (Å²) in [7, 11) is 0. The largest absolute Gasteiger partial charge is 0.289 e. The summed E-state index contributed by atoms with van der Waals surface area (Å²) in [6.45, 7) is 15.2. The van der Waals surface area contributed by atoms with E-state index in [2.05, 4.69) is 72.8 Å². The fourth-order valence-corrected chi connectivity index (χ4v) is 3.80. The van der Waals surface area contributed by atoms with E-state index >= 15 is 0 Å². The Morgan fingerprint density at radius 2 is 1.55 bits per heavy atom. The van der Waals surface area contributed by atoms with E-state index in [-0.39, 0.29) is 22.0 Å². The van der Waals surface area contributed by atoms with Crippen LogP contribution in [0.25, 0.3) is 0 Å². The Labute approximate surface area is 136 Å². The van der Waals surface area contributed by atoms with Gasteiger partial charge in [-0.15, -0.1) is 0 Å². The smallest absolute Gasteiger partial charge is 0.185 e. The topological polar surface area (TPSA) is 17.1 Å². The van der Waals surface area contributed by atoms with Gasteiger partial charge < -0.3 is 0 Å². The van der Waals surface area contributed by atoms with Gasteiger partial charge in [-0.05, 0) is 36.0 Å². The van der Waals surface area contributed by atoms with Crippen LogP contribution < -0.4 is 0 Å². The summed E-state index contributed by atoms with van der Waals surface area (Å²) >= 11 is 0. The second-order valence-corrected chi connectivity index (χ2v) is 9.04. The first-order valence-electron chi connectivity index (χ1n) is 8.69. The maximum atomic E-state index is 13.1. The molecule has 2 aliphatic rings. The Morgan fingerprint density at radius 1 is 1.05 bits per heavy atom. The van der Waals surface area contributed by atoms with Crippen LogP contribution in [-0.2, 0) is 4.79 Å². The third-order valence-corrected chi connectivity index (χ3v) is 5.17. The van der Waals surface area contributed by atoms with E-state index in [0.29, 0.717) is 5.92 Å². The number of Topliss-reactive ketones (excluding diaryl/α,β-unsaturated/α-hetero) is 1. The molecular weight excluding hydrogens is 268 g/mol. The van der Waals surface area contributed by atoms with Crippen LogP contribution in [0.5, 0.6) is 0 Å². The molecule has 22 heavy (non-hydrogen) atoms. The Balaban J connectivity index is 2.65. The van der Waals surface area contributed by atoms with Gasteiger partial charge in [0.05, 0.1) is 0 Å². The molecule has 0 aromatic carbocycles. The number of carbonyl (C=O) groups excluding carboxylic acids is 1. The summed E-state index contributed by atoms with van der Waals surface area (Å²) < 4.78 is 0. The zero-order valence-corrected chi connectivity index (χ0v) is 15.4. The van der Waals surface area contributed by atoms with Crippen LogP contribution in [0, 0.1) is 22.2 Å². The lowest BCUT2D eigenvalue weighted by molar-refractivity contribution is -0.114. The van der Waals surface area contributed by atoms with Gasteiger partial charge in [0.2, 0.25) is 0 Å². The molecular formula is C21H32O. The van der Waals surface area contributed by atoms with Crippen molar-refractivity contribution in [2.24, 2.45) is 22.2 Å². The van der Waals surface area contributed by atoms with Crippen molar-refractivity contribution in [1.82, 2.24) is 0 Å². The van der Waals surface area contributed by atoms with E-state index in [9.17, 15) is 4.79 Å². The zero-order valence-electron chi connectivity index (χ0n) is 15.4. The molecule has 0 N–H and O–H groups in total. The highest BCUT2D eigenvalue weighted by atomic mass is 16.1. The van der Waals surface area contributed by atoms with Crippen LogP contribution in [0.2, 0.25) is 0 Å². The van der Waals surface area contributed by atoms with Crippen LogP contribution >= 0.6 is 0 Å². The Bertz CT molecular complexity index is 509. The highest BCUT2D eigenvalue weighted by Crippen LogP contribution is 2.50. The Morgan fingerprint density at radius 3 is 1.95 bits per heavy atom. The molecule has 1 spiro atoms. The summed E-state index contributed by atoms with van der Waals surface area (Å²) in [5.41, 5.74) is 1.84. The lowest BCUT2D eigenvalue weighted by Gasteiger charge is -2.44. The van der Waals surface area contributed by atoms with Crippen molar-refractivity contribution < 1.29 is 4.79 Å². The number of ketones is 1. The molecule has 0 amide bonds. The molecule has 2 rings (SSSR count).